The predicted molar refractivity (Wildman–Crippen MR) is 78.0 cm³/mol. The van der Waals surface area contributed by atoms with Gasteiger partial charge in [0, 0.05) is 11.7 Å². The third-order valence-corrected chi connectivity index (χ3v) is 4.54. The van der Waals surface area contributed by atoms with E-state index in [1.165, 1.54) is 19.3 Å². The first kappa shape index (κ1) is 14.1. The second kappa shape index (κ2) is 6.76. The minimum Gasteiger partial charge on any atom is -0.382 e. The van der Waals surface area contributed by atoms with Crippen molar-refractivity contribution in [2.75, 3.05) is 11.5 Å². The van der Waals surface area contributed by atoms with Crippen LogP contribution < -0.4 is 5.73 Å². The fraction of sp³-hybridized carbons (Fsp3) is 0.643. The summed E-state index contributed by atoms with van der Waals surface area (Å²) >= 11 is 1.62. The van der Waals surface area contributed by atoms with Crippen molar-refractivity contribution in [3.8, 4) is 6.07 Å². The first-order valence-corrected chi connectivity index (χ1v) is 7.95. The van der Waals surface area contributed by atoms with Crippen LogP contribution in [0.3, 0.4) is 0 Å². The lowest BCUT2D eigenvalue weighted by Crippen LogP contribution is -2.12. The molecule has 102 valence electrons. The van der Waals surface area contributed by atoms with E-state index in [0.29, 0.717) is 17.3 Å². The molecule has 0 saturated heterocycles. The van der Waals surface area contributed by atoms with E-state index in [0.717, 1.165) is 35.9 Å². The molecule has 1 aromatic rings. The molecule has 1 saturated carbocycles. The largest absolute Gasteiger partial charge is 0.382 e. The number of nitriles is 1. The monoisotopic (exact) mass is 276 g/mol. The molecule has 2 rings (SSSR count). The smallest absolute Gasteiger partial charge is 0.189 e. The highest BCUT2D eigenvalue weighted by atomic mass is 32.2. The number of rotatable bonds is 4. The zero-order valence-electron chi connectivity index (χ0n) is 11.4. The maximum absolute atomic E-state index is 9.28. The molecule has 1 heterocycles. The summed E-state index contributed by atoms with van der Waals surface area (Å²) in [7, 11) is 0. The van der Waals surface area contributed by atoms with Gasteiger partial charge in [0.05, 0.1) is 5.69 Å². The quantitative estimate of drug-likeness (QED) is 0.673. The molecule has 5 heteroatoms. The van der Waals surface area contributed by atoms with Crippen molar-refractivity contribution in [3.05, 3.63) is 11.3 Å². The van der Waals surface area contributed by atoms with Gasteiger partial charge in [0.15, 0.2) is 5.16 Å². The molecule has 4 nitrogen and oxygen atoms in total. The lowest BCUT2D eigenvalue weighted by atomic mass is 9.85. The zero-order chi connectivity index (χ0) is 13.7. The number of hydrogen-bond donors (Lipinski definition) is 1. The van der Waals surface area contributed by atoms with E-state index >= 15 is 0 Å². The summed E-state index contributed by atoms with van der Waals surface area (Å²) in [5.41, 5.74) is 7.30. The molecule has 0 aliphatic heterocycles. The van der Waals surface area contributed by atoms with Crippen molar-refractivity contribution in [3.63, 3.8) is 0 Å². The van der Waals surface area contributed by atoms with Crippen molar-refractivity contribution >= 4 is 17.6 Å². The Morgan fingerprint density at radius 3 is 2.68 bits per heavy atom. The Kier molecular flexibility index (Phi) is 5.03. The fourth-order valence-electron chi connectivity index (χ4n) is 2.52. The second-order valence-corrected chi connectivity index (χ2v) is 6.01. The summed E-state index contributed by atoms with van der Waals surface area (Å²) < 4.78 is 0. The number of anilines is 1. The lowest BCUT2D eigenvalue weighted by molar-refractivity contribution is 0.433. The first-order chi connectivity index (χ1) is 9.26. The molecule has 0 amide bonds. The van der Waals surface area contributed by atoms with E-state index in [1.54, 1.807) is 11.8 Å². The molecule has 2 N–H and O–H groups in total. The van der Waals surface area contributed by atoms with Crippen LogP contribution in [0.15, 0.2) is 5.16 Å². The van der Waals surface area contributed by atoms with Gasteiger partial charge in [-0.15, -0.1) is 0 Å². The summed E-state index contributed by atoms with van der Waals surface area (Å²) in [6, 6.07) is 2.19. The van der Waals surface area contributed by atoms with Gasteiger partial charge >= 0.3 is 0 Å². The van der Waals surface area contributed by atoms with Gasteiger partial charge in [0.1, 0.15) is 17.5 Å². The van der Waals surface area contributed by atoms with Crippen LogP contribution in [0.2, 0.25) is 0 Å². The summed E-state index contributed by atoms with van der Waals surface area (Å²) in [6.45, 7) is 2.13. The highest BCUT2D eigenvalue weighted by Crippen LogP contribution is 2.35. The number of nitrogen functional groups attached to an aromatic ring is 1. The average molecular weight is 276 g/mol. The van der Waals surface area contributed by atoms with Gasteiger partial charge in [-0.05, 0) is 19.3 Å². The molecule has 19 heavy (non-hydrogen) atoms. The maximum Gasteiger partial charge on any atom is 0.189 e. The fourth-order valence-corrected chi connectivity index (χ4v) is 3.23. The molecule has 0 atom stereocenters. The van der Waals surface area contributed by atoms with Gasteiger partial charge in [-0.1, -0.05) is 37.9 Å². The molecule has 0 aromatic carbocycles. The van der Waals surface area contributed by atoms with Gasteiger partial charge in [-0.2, -0.15) is 5.26 Å². The SMILES string of the molecule is CCCSc1nc(N)c(C#N)c(C2CCCCC2)n1. The van der Waals surface area contributed by atoms with Crippen LogP contribution in [0.5, 0.6) is 0 Å². The number of thioether (sulfide) groups is 1. The molecule has 0 bridgehead atoms. The summed E-state index contributed by atoms with van der Waals surface area (Å²) in [5.74, 6) is 1.71. The summed E-state index contributed by atoms with van der Waals surface area (Å²) in [6.07, 6.45) is 7.03. The Morgan fingerprint density at radius 2 is 2.05 bits per heavy atom. The molecule has 1 aliphatic carbocycles. The number of nitrogens with two attached hydrogens (primary N) is 1. The predicted octanol–water partition coefficient (Wildman–Crippen LogP) is 3.48. The van der Waals surface area contributed by atoms with Gasteiger partial charge in [0.25, 0.3) is 0 Å². The summed E-state index contributed by atoms with van der Waals surface area (Å²) in [5, 5.41) is 10.0. The molecule has 1 aromatic heterocycles. The number of nitrogens with zero attached hydrogens (tertiary/aromatic N) is 3. The van der Waals surface area contributed by atoms with Crippen LogP contribution in [0.1, 0.15) is 62.6 Å². The van der Waals surface area contributed by atoms with Crippen LogP contribution in [-0.4, -0.2) is 15.7 Å². The van der Waals surface area contributed by atoms with Crippen LogP contribution in [-0.2, 0) is 0 Å². The third kappa shape index (κ3) is 3.38. The molecular weight excluding hydrogens is 256 g/mol. The molecular formula is C14H20N4S. The molecule has 0 spiro atoms. The molecule has 0 unspecified atom stereocenters. The van der Waals surface area contributed by atoms with Crippen LogP contribution >= 0.6 is 11.8 Å². The van der Waals surface area contributed by atoms with E-state index < -0.39 is 0 Å². The van der Waals surface area contributed by atoms with Gasteiger partial charge in [-0.25, -0.2) is 9.97 Å². The van der Waals surface area contributed by atoms with Crippen molar-refractivity contribution in [1.29, 1.82) is 5.26 Å². The number of hydrogen-bond acceptors (Lipinski definition) is 5. The van der Waals surface area contributed by atoms with E-state index in [2.05, 4.69) is 23.0 Å². The second-order valence-electron chi connectivity index (χ2n) is 4.95. The van der Waals surface area contributed by atoms with E-state index in [9.17, 15) is 5.26 Å². The van der Waals surface area contributed by atoms with E-state index in [-0.39, 0.29) is 0 Å². The zero-order valence-corrected chi connectivity index (χ0v) is 12.2. The topological polar surface area (TPSA) is 75.6 Å². The Labute approximate surface area is 118 Å². The van der Waals surface area contributed by atoms with Crippen LogP contribution in [0, 0.1) is 11.3 Å². The van der Waals surface area contributed by atoms with Gasteiger partial charge < -0.3 is 5.73 Å². The molecule has 1 fully saturated rings. The normalized spacial score (nSPS) is 16.2. The van der Waals surface area contributed by atoms with Crippen molar-refractivity contribution in [2.45, 2.75) is 56.5 Å². The maximum atomic E-state index is 9.28. The van der Waals surface area contributed by atoms with Crippen molar-refractivity contribution in [2.24, 2.45) is 0 Å². The van der Waals surface area contributed by atoms with Crippen LogP contribution in [0.25, 0.3) is 0 Å². The van der Waals surface area contributed by atoms with Crippen molar-refractivity contribution < 1.29 is 0 Å². The minimum atomic E-state index is 0.344. The third-order valence-electron chi connectivity index (χ3n) is 3.48. The highest BCUT2D eigenvalue weighted by Gasteiger charge is 2.23. The Balaban J connectivity index is 2.32. The number of aromatic nitrogens is 2. The Morgan fingerprint density at radius 1 is 1.32 bits per heavy atom. The van der Waals surface area contributed by atoms with E-state index in [1.807, 2.05) is 0 Å². The van der Waals surface area contributed by atoms with Crippen LogP contribution in [0.4, 0.5) is 5.82 Å². The molecule has 0 radical (unpaired) electrons. The summed E-state index contributed by atoms with van der Waals surface area (Å²) in [4.78, 5) is 8.86. The molecule has 1 aliphatic rings. The van der Waals surface area contributed by atoms with E-state index in [4.69, 9.17) is 5.73 Å². The van der Waals surface area contributed by atoms with Crippen molar-refractivity contribution in [1.82, 2.24) is 9.97 Å². The highest BCUT2D eigenvalue weighted by molar-refractivity contribution is 7.99. The first-order valence-electron chi connectivity index (χ1n) is 6.96. The van der Waals surface area contributed by atoms with Gasteiger partial charge in [-0.3, -0.25) is 0 Å². The Bertz CT molecular complexity index is 475. The minimum absolute atomic E-state index is 0.344. The lowest BCUT2D eigenvalue weighted by Gasteiger charge is -2.22. The van der Waals surface area contributed by atoms with Gasteiger partial charge in [0.2, 0.25) is 0 Å². The Hall–Kier alpha value is -1.28. The standard InChI is InChI=1S/C14H20N4S/c1-2-8-19-14-17-12(10-6-4-3-5-7-10)11(9-15)13(16)18-14/h10H,2-8H2,1H3,(H2,16,17,18). The average Bonchev–Trinajstić information content (AvgIpc) is 2.45.